The average molecular weight is 449 g/mol. The molecule has 32 heavy (non-hydrogen) atoms. The predicted octanol–water partition coefficient (Wildman–Crippen LogP) is 3.23. The Hall–Kier alpha value is -3.32. The Morgan fingerprint density at radius 3 is 2.59 bits per heavy atom. The molecule has 2 N–H and O–H groups in total. The molecule has 1 unspecified atom stereocenters. The number of fused-ring (bicyclic) bond motifs is 2. The summed E-state index contributed by atoms with van der Waals surface area (Å²) < 4.78 is 0. The van der Waals surface area contributed by atoms with E-state index >= 15 is 0 Å². The topological polar surface area (TPSA) is 86.7 Å². The van der Waals surface area contributed by atoms with Gasteiger partial charge in [-0.2, -0.15) is 12.6 Å². The number of hydrogen-bond acceptors (Lipinski definition) is 4. The van der Waals surface area contributed by atoms with E-state index in [1.807, 2.05) is 54.6 Å². The summed E-state index contributed by atoms with van der Waals surface area (Å²) in [6.45, 7) is -0.456. The summed E-state index contributed by atoms with van der Waals surface area (Å²) in [6, 6.07) is 20.3. The van der Waals surface area contributed by atoms with E-state index in [2.05, 4.69) is 17.9 Å². The molecule has 0 aliphatic carbocycles. The maximum atomic E-state index is 13.2. The van der Waals surface area contributed by atoms with Gasteiger partial charge in [-0.25, -0.2) is 0 Å². The molecular formula is C25H24N2O4S. The summed E-state index contributed by atoms with van der Waals surface area (Å²) in [5, 5.41) is 13.6. The van der Waals surface area contributed by atoms with Crippen molar-refractivity contribution < 1.29 is 19.5 Å². The van der Waals surface area contributed by atoms with E-state index in [9.17, 15) is 19.5 Å². The van der Waals surface area contributed by atoms with E-state index in [1.165, 1.54) is 4.90 Å². The Labute approximate surface area is 191 Å². The maximum absolute atomic E-state index is 13.2. The second kappa shape index (κ2) is 9.44. The second-order valence-corrected chi connectivity index (χ2v) is 8.53. The molecule has 2 amide bonds. The molecule has 0 aromatic heterocycles. The first-order chi connectivity index (χ1) is 15.4. The summed E-state index contributed by atoms with van der Waals surface area (Å²) in [5.41, 5.74) is 2.47. The number of carboxylic acids is 1. The number of aliphatic carboxylic acids is 1. The molecule has 2 atom stereocenters. The molecule has 1 heterocycles. The highest BCUT2D eigenvalue weighted by molar-refractivity contribution is 7.81. The lowest BCUT2D eigenvalue weighted by atomic mass is 10.0. The van der Waals surface area contributed by atoms with Gasteiger partial charge in [0.05, 0.1) is 5.25 Å². The molecule has 0 saturated carbocycles. The van der Waals surface area contributed by atoms with Crippen LogP contribution in [-0.2, 0) is 27.2 Å². The molecule has 1 aliphatic rings. The van der Waals surface area contributed by atoms with Gasteiger partial charge in [0.1, 0.15) is 12.6 Å². The van der Waals surface area contributed by atoms with Crippen LogP contribution in [0.1, 0.15) is 17.5 Å². The van der Waals surface area contributed by atoms with Crippen LogP contribution in [-0.4, -0.2) is 40.7 Å². The molecule has 4 rings (SSSR count). The normalized spacial score (nSPS) is 16.8. The number of benzene rings is 3. The lowest BCUT2D eigenvalue weighted by Crippen LogP contribution is -2.51. The molecule has 6 nitrogen and oxygen atoms in total. The van der Waals surface area contributed by atoms with Crippen molar-refractivity contribution in [1.29, 1.82) is 0 Å². The quantitative estimate of drug-likeness (QED) is 0.506. The smallest absolute Gasteiger partial charge is 0.323 e. The fourth-order valence-corrected chi connectivity index (χ4v) is 4.46. The number of carbonyl (C=O) groups is 3. The summed E-state index contributed by atoms with van der Waals surface area (Å²) in [7, 11) is 0. The third kappa shape index (κ3) is 4.62. The zero-order chi connectivity index (χ0) is 22.7. The summed E-state index contributed by atoms with van der Waals surface area (Å²) in [4.78, 5) is 38.7. The van der Waals surface area contributed by atoms with Gasteiger partial charge in [-0.3, -0.25) is 19.3 Å². The predicted molar refractivity (Wildman–Crippen MR) is 127 cm³/mol. The van der Waals surface area contributed by atoms with Crippen LogP contribution in [0.3, 0.4) is 0 Å². The first-order valence-corrected chi connectivity index (χ1v) is 11.0. The molecule has 0 saturated heterocycles. The van der Waals surface area contributed by atoms with Gasteiger partial charge in [0.15, 0.2) is 0 Å². The molecular weight excluding hydrogens is 424 g/mol. The van der Waals surface area contributed by atoms with Crippen LogP contribution in [0.2, 0.25) is 0 Å². The first kappa shape index (κ1) is 21.9. The van der Waals surface area contributed by atoms with Crippen molar-refractivity contribution in [1.82, 2.24) is 5.32 Å². The van der Waals surface area contributed by atoms with E-state index in [1.54, 1.807) is 12.1 Å². The highest BCUT2D eigenvalue weighted by Crippen LogP contribution is 2.27. The summed E-state index contributed by atoms with van der Waals surface area (Å²) in [5.74, 6) is -1.87. The van der Waals surface area contributed by atoms with E-state index in [-0.39, 0.29) is 5.91 Å². The Morgan fingerprint density at radius 1 is 1.06 bits per heavy atom. The SMILES string of the molecule is O=C(O)CN1C(=O)[C@@H](NC(=O)C(S)Cc2cccc3ccccc23)CCc2ccccc21. The Balaban J connectivity index is 1.51. The van der Waals surface area contributed by atoms with Gasteiger partial charge in [0, 0.05) is 5.69 Å². The number of nitrogens with one attached hydrogen (secondary N) is 1. The number of thiol groups is 1. The van der Waals surface area contributed by atoms with Crippen LogP contribution in [0, 0.1) is 0 Å². The van der Waals surface area contributed by atoms with E-state index in [4.69, 9.17) is 0 Å². The molecule has 0 bridgehead atoms. The van der Waals surface area contributed by atoms with E-state index < -0.39 is 29.7 Å². The van der Waals surface area contributed by atoms with Crippen molar-refractivity contribution in [3.05, 3.63) is 77.9 Å². The van der Waals surface area contributed by atoms with Gasteiger partial charge in [-0.1, -0.05) is 60.7 Å². The van der Waals surface area contributed by atoms with Gasteiger partial charge < -0.3 is 10.4 Å². The molecule has 164 valence electrons. The van der Waals surface area contributed by atoms with Crippen LogP contribution >= 0.6 is 12.6 Å². The summed E-state index contributed by atoms with van der Waals surface area (Å²) >= 11 is 4.51. The molecule has 0 radical (unpaired) electrons. The maximum Gasteiger partial charge on any atom is 0.323 e. The zero-order valence-corrected chi connectivity index (χ0v) is 18.3. The standard InChI is InChI=1S/C25H24N2O4S/c28-23(29)15-27-21-11-4-2-7-17(21)12-13-20(25(27)31)26-24(30)22(32)14-18-9-5-8-16-6-1-3-10-19(16)18/h1-11,20,22,32H,12-15H2,(H,26,30)(H,28,29)/t20-,22?/m0/s1. The van der Waals surface area contributed by atoms with E-state index in [0.717, 1.165) is 21.9 Å². The second-order valence-electron chi connectivity index (χ2n) is 7.90. The zero-order valence-electron chi connectivity index (χ0n) is 17.4. The molecule has 0 fully saturated rings. The van der Waals surface area contributed by atoms with Crippen molar-refractivity contribution in [2.45, 2.75) is 30.6 Å². The van der Waals surface area contributed by atoms with Crippen molar-refractivity contribution in [3.8, 4) is 0 Å². The average Bonchev–Trinajstić information content (AvgIpc) is 2.91. The number of amides is 2. The minimum absolute atomic E-state index is 0.346. The first-order valence-electron chi connectivity index (χ1n) is 10.5. The fourth-order valence-electron chi connectivity index (χ4n) is 4.19. The molecule has 3 aromatic carbocycles. The lowest BCUT2D eigenvalue weighted by molar-refractivity contribution is -0.137. The van der Waals surface area contributed by atoms with Crippen molar-refractivity contribution >= 4 is 46.9 Å². The lowest BCUT2D eigenvalue weighted by Gasteiger charge is -2.25. The number of anilines is 1. The molecule has 0 spiro atoms. The number of carboxylic acid groups (broad SMARTS) is 1. The van der Waals surface area contributed by atoms with Crippen LogP contribution in [0.25, 0.3) is 10.8 Å². The number of para-hydroxylation sites is 1. The Morgan fingerprint density at radius 2 is 1.78 bits per heavy atom. The van der Waals surface area contributed by atoms with E-state index in [0.29, 0.717) is 24.9 Å². The van der Waals surface area contributed by atoms with Gasteiger partial charge in [0.25, 0.3) is 0 Å². The Bertz CT molecular complexity index is 1170. The van der Waals surface area contributed by atoms with Crippen molar-refractivity contribution in [3.63, 3.8) is 0 Å². The fraction of sp³-hybridized carbons (Fsp3) is 0.240. The monoisotopic (exact) mass is 448 g/mol. The van der Waals surface area contributed by atoms with Gasteiger partial charge in [-0.15, -0.1) is 0 Å². The van der Waals surface area contributed by atoms with Crippen LogP contribution in [0.4, 0.5) is 5.69 Å². The number of aryl methyl sites for hydroxylation is 1. The highest BCUT2D eigenvalue weighted by atomic mass is 32.1. The molecule has 7 heteroatoms. The third-order valence-electron chi connectivity index (χ3n) is 5.75. The molecule has 3 aromatic rings. The Kier molecular flexibility index (Phi) is 6.46. The van der Waals surface area contributed by atoms with Crippen molar-refractivity contribution in [2.24, 2.45) is 0 Å². The number of nitrogens with zero attached hydrogens (tertiary/aromatic N) is 1. The third-order valence-corrected chi connectivity index (χ3v) is 6.17. The van der Waals surface area contributed by atoms with Crippen molar-refractivity contribution in [2.75, 3.05) is 11.4 Å². The summed E-state index contributed by atoms with van der Waals surface area (Å²) in [6.07, 6.45) is 1.37. The largest absolute Gasteiger partial charge is 0.480 e. The highest BCUT2D eigenvalue weighted by Gasteiger charge is 2.33. The van der Waals surface area contributed by atoms with Crippen LogP contribution < -0.4 is 10.2 Å². The van der Waals surface area contributed by atoms with Gasteiger partial charge >= 0.3 is 5.97 Å². The molecule has 1 aliphatic heterocycles. The minimum Gasteiger partial charge on any atom is -0.480 e. The van der Waals surface area contributed by atoms with Crippen LogP contribution in [0.5, 0.6) is 0 Å². The number of carbonyl (C=O) groups excluding carboxylic acids is 2. The van der Waals surface area contributed by atoms with Crippen LogP contribution in [0.15, 0.2) is 66.7 Å². The van der Waals surface area contributed by atoms with Gasteiger partial charge in [-0.05, 0) is 47.2 Å². The minimum atomic E-state index is -1.11. The number of rotatable bonds is 6. The number of hydrogen-bond donors (Lipinski definition) is 3. The van der Waals surface area contributed by atoms with Gasteiger partial charge in [0.2, 0.25) is 11.8 Å².